The standard InChI is InChI=1S/C20H13BrFNO4S2/c21-15-7-5-14(17(22)10-15)11-20(18(24)23-19(25)28-20)29(26,27)16-8-6-12-3-1-2-4-13(12)9-16/h1-10H,11H2,(H,23,24,25). The molecular weight excluding hydrogens is 481 g/mol. The van der Waals surface area contributed by atoms with Gasteiger partial charge < -0.3 is 0 Å². The number of carbonyl (C=O) groups excluding carboxylic acids is 2. The Morgan fingerprint density at radius 2 is 1.72 bits per heavy atom. The minimum absolute atomic E-state index is 0.0231. The summed E-state index contributed by atoms with van der Waals surface area (Å²) in [6.07, 6.45) is -0.483. The molecule has 1 atom stereocenters. The Labute approximate surface area is 178 Å². The van der Waals surface area contributed by atoms with E-state index in [2.05, 4.69) is 15.9 Å². The molecule has 29 heavy (non-hydrogen) atoms. The van der Waals surface area contributed by atoms with Gasteiger partial charge in [-0.2, -0.15) is 0 Å². The van der Waals surface area contributed by atoms with Crippen molar-refractivity contribution in [2.24, 2.45) is 0 Å². The van der Waals surface area contributed by atoms with E-state index < -0.39 is 37.3 Å². The molecule has 3 aromatic rings. The zero-order chi connectivity index (χ0) is 20.8. The molecule has 0 saturated carbocycles. The van der Waals surface area contributed by atoms with Gasteiger partial charge in [0.2, 0.25) is 13.9 Å². The molecule has 1 aliphatic rings. The Morgan fingerprint density at radius 3 is 2.38 bits per heavy atom. The number of amides is 2. The highest BCUT2D eigenvalue weighted by atomic mass is 79.9. The Balaban J connectivity index is 1.88. The summed E-state index contributed by atoms with van der Waals surface area (Å²) in [6.45, 7) is 0. The summed E-state index contributed by atoms with van der Waals surface area (Å²) in [5, 5.41) is 2.77. The number of hydrogen-bond donors (Lipinski definition) is 1. The molecule has 0 spiro atoms. The molecule has 0 bridgehead atoms. The van der Waals surface area contributed by atoms with Crippen molar-refractivity contribution in [1.29, 1.82) is 0 Å². The first-order valence-electron chi connectivity index (χ1n) is 8.45. The summed E-state index contributed by atoms with van der Waals surface area (Å²) in [4.78, 5) is 24.6. The third-order valence-electron chi connectivity index (χ3n) is 4.72. The van der Waals surface area contributed by atoms with Gasteiger partial charge in [0, 0.05) is 10.9 Å². The fourth-order valence-electron chi connectivity index (χ4n) is 3.24. The molecule has 0 radical (unpaired) electrons. The lowest BCUT2D eigenvalue weighted by atomic mass is 10.1. The molecule has 1 N–H and O–H groups in total. The number of nitrogens with one attached hydrogen (secondary N) is 1. The van der Waals surface area contributed by atoms with E-state index in [-0.39, 0.29) is 10.5 Å². The number of imide groups is 1. The van der Waals surface area contributed by atoms with Crippen LogP contribution in [0.4, 0.5) is 9.18 Å². The summed E-state index contributed by atoms with van der Waals surface area (Å²) < 4.78 is 39.9. The molecule has 0 aliphatic carbocycles. The lowest BCUT2D eigenvalue weighted by Crippen LogP contribution is -2.45. The van der Waals surface area contributed by atoms with Crippen LogP contribution in [0.15, 0.2) is 70.0 Å². The highest BCUT2D eigenvalue weighted by Gasteiger charge is 2.58. The molecule has 1 aliphatic heterocycles. The van der Waals surface area contributed by atoms with Gasteiger partial charge in [-0.3, -0.25) is 14.9 Å². The number of halogens is 2. The second kappa shape index (κ2) is 7.23. The van der Waals surface area contributed by atoms with E-state index in [1.165, 1.54) is 24.3 Å². The molecule has 1 saturated heterocycles. The molecule has 0 aromatic heterocycles. The molecule has 9 heteroatoms. The van der Waals surface area contributed by atoms with Crippen LogP contribution >= 0.6 is 27.7 Å². The minimum atomic E-state index is -4.35. The second-order valence-electron chi connectivity index (χ2n) is 6.52. The number of rotatable bonds is 4. The van der Waals surface area contributed by atoms with Gasteiger partial charge in [0.15, 0.2) is 0 Å². The molecule has 5 nitrogen and oxygen atoms in total. The molecular formula is C20H13BrFNO4S2. The van der Waals surface area contributed by atoms with Crippen molar-refractivity contribution in [1.82, 2.24) is 5.32 Å². The van der Waals surface area contributed by atoms with E-state index in [1.807, 2.05) is 17.4 Å². The van der Waals surface area contributed by atoms with Gasteiger partial charge >= 0.3 is 0 Å². The topological polar surface area (TPSA) is 80.3 Å². The average molecular weight is 494 g/mol. The van der Waals surface area contributed by atoms with Gasteiger partial charge in [0.05, 0.1) is 4.90 Å². The fourth-order valence-corrected chi connectivity index (χ4v) is 6.89. The highest BCUT2D eigenvalue weighted by Crippen LogP contribution is 2.44. The predicted octanol–water partition coefficient (Wildman–Crippen LogP) is 4.44. The van der Waals surface area contributed by atoms with Crippen LogP contribution in [0.3, 0.4) is 0 Å². The molecule has 1 unspecified atom stereocenters. The van der Waals surface area contributed by atoms with Crippen LogP contribution in [0.25, 0.3) is 10.8 Å². The van der Waals surface area contributed by atoms with E-state index in [0.29, 0.717) is 21.6 Å². The number of sulfone groups is 1. The molecule has 4 rings (SSSR count). The average Bonchev–Trinajstić information content (AvgIpc) is 2.98. The van der Waals surface area contributed by atoms with Crippen molar-refractivity contribution in [3.05, 3.63) is 76.5 Å². The second-order valence-corrected chi connectivity index (χ2v) is 11.1. The van der Waals surface area contributed by atoms with E-state index in [4.69, 9.17) is 0 Å². The lowest BCUT2D eigenvalue weighted by Gasteiger charge is -2.25. The number of thioether (sulfide) groups is 1. The van der Waals surface area contributed by atoms with Crippen molar-refractivity contribution in [2.75, 3.05) is 0 Å². The number of benzene rings is 3. The largest absolute Gasteiger partial charge is 0.287 e. The van der Waals surface area contributed by atoms with Crippen LogP contribution in [-0.4, -0.2) is 23.6 Å². The smallest absolute Gasteiger partial charge is 0.285 e. The molecule has 1 fully saturated rings. The fraction of sp³-hybridized carbons (Fsp3) is 0.100. The Morgan fingerprint density at radius 1 is 1.00 bits per heavy atom. The van der Waals surface area contributed by atoms with Gasteiger partial charge in [-0.1, -0.05) is 52.3 Å². The highest BCUT2D eigenvalue weighted by molar-refractivity contribution is 9.10. The molecule has 148 valence electrons. The minimum Gasteiger partial charge on any atom is -0.285 e. The SMILES string of the molecule is O=C1NC(=O)C(Cc2ccc(Br)cc2F)(S(=O)(=O)c2ccc3ccccc3c2)S1. The van der Waals surface area contributed by atoms with Gasteiger partial charge in [0.25, 0.3) is 11.1 Å². The molecule has 2 amide bonds. The van der Waals surface area contributed by atoms with Crippen LogP contribution in [0.2, 0.25) is 0 Å². The number of fused-ring (bicyclic) bond motifs is 1. The van der Waals surface area contributed by atoms with Crippen LogP contribution in [0, 0.1) is 5.82 Å². The van der Waals surface area contributed by atoms with Gasteiger partial charge in [0.1, 0.15) is 5.82 Å². The van der Waals surface area contributed by atoms with Gasteiger partial charge in [-0.05, 0) is 52.4 Å². The first-order chi connectivity index (χ1) is 13.7. The van der Waals surface area contributed by atoms with E-state index in [9.17, 15) is 22.4 Å². The Kier molecular flexibility index (Phi) is 5.00. The quantitative estimate of drug-likeness (QED) is 0.581. The summed E-state index contributed by atoms with van der Waals surface area (Å²) >= 11 is 3.52. The van der Waals surface area contributed by atoms with Crippen LogP contribution < -0.4 is 5.32 Å². The molecule has 3 aromatic carbocycles. The number of hydrogen-bond acceptors (Lipinski definition) is 5. The normalized spacial score (nSPS) is 19.5. The third kappa shape index (κ3) is 3.37. The van der Waals surface area contributed by atoms with Crippen molar-refractivity contribution < 1.29 is 22.4 Å². The lowest BCUT2D eigenvalue weighted by molar-refractivity contribution is -0.119. The van der Waals surface area contributed by atoms with Gasteiger partial charge in [-0.15, -0.1) is 0 Å². The predicted molar refractivity (Wildman–Crippen MR) is 113 cm³/mol. The maximum atomic E-state index is 14.4. The third-order valence-corrected chi connectivity index (χ3v) is 9.14. The first-order valence-corrected chi connectivity index (χ1v) is 11.5. The zero-order valence-corrected chi connectivity index (χ0v) is 17.9. The zero-order valence-electron chi connectivity index (χ0n) is 14.7. The summed E-state index contributed by atoms with van der Waals surface area (Å²) in [5.41, 5.74) is 0.0231. The maximum absolute atomic E-state index is 14.4. The van der Waals surface area contributed by atoms with E-state index >= 15 is 0 Å². The van der Waals surface area contributed by atoms with E-state index in [0.717, 1.165) is 5.39 Å². The van der Waals surface area contributed by atoms with E-state index in [1.54, 1.807) is 24.3 Å². The Hall–Kier alpha value is -2.23. The monoisotopic (exact) mass is 493 g/mol. The van der Waals surface area contributed by atoms with Crippen molar-refractivity contribution in [3.8, 4) is 0 Å². The number of carbonyl (C=O) groups is 2. The van der Waals surface area contributed by atoms with Crippen LogP contribution in [-0.2, 0) is 21.1 Å². The van der Waals surface area contributed by atoms with Crippen LogP contribution in [0.1, 0.15) is 5.56 Å². The summed E-state index contributed by atoms with van der Waals surface area (Å²) in [6, 6.07) is 15.8. The maximum Gasteiger partial charge on any atom is 0.287 e. The summed E-state index contributed by atoms with van der Waals surface area (Å²) in [7, 11) is -4.35. The summed E-state index contributed by atoms with van der Waals surface area (Å²) in [5.74, 6) is -1.64. The Bertz CT molecular complexity index is 1280. The van der Waals surface area contributed by atoms with Crippen LogP contribution in [0.5, 0.6) is 0 Å². The van der Waals surface area contributed by atoms with Crippen molar-refractivity contribution >= 4 is 59.4 Å². The molecule has 1 heterocycles. The first kappa shape index (κ1) is 20.1. The van der Waals surface area contributed by atoms with Crippen molar-refractivity contribution in [2.45, 2.75) is 15.4 Å². The van der Waals surface area contributed by atoms with Gasteiger partial charge in [-0.25, -0.2) is 12.8 Å². The van der Waals surface area contributed by atoms with Crippen molar-refractivity contribution in [3.63, 3.8) is 0 Å².